The molecule has 6 heteroatoms. The van der Waals surface area contributed by atoms with Crippen LogP contribution in [0.1, 0.15) is 26.6 Å². The number of hydrogen-bond donors (Lipinski definition) is 2. The molecule has 1 aromatic rings. The van der Waals surface area contributed by atoms with E-state index >= 15 is 0 Å². The van der Waals surface area contributed by atoms with Crippen molar-refractivity contribution in [3.63, 3.8) is 0 Å². The molecule has 17 heavy (non-hydrogen) atoms. The van der Waals surface area contributed by atoms with Crippen LogP contribution in [-0.2, 0) is 11.2 Å². The summed E-state index contributed by atoms with van der Waals surface area (Å²) in [6, 6.07) is 1.66. The lowest BCUT2D eigenvalue weighted by molar-refractivity contribution is 0.0542. The van der Waals surface area contributed by atoms with Crippen LogP contribution in [0.2, 0.25) is 0 Å². The Balaban J connectivity index is 2.51. The molecule has 3 N–H and O–H groups in total. The van der Waals surface area contributed by atoms with Crippen molar-refractivity contribution in [3.05, 3.63) is 11.9 Å². The molecular weight excluding hydrogens is 220 g/mol. The smallest absolute Gasteiger partial charge is 0.218 e. The van der Waals surface area contributed by atoms with Crippen LogP contribution in [0.3, 0.4) is 0 Å². The fourth-order valence-electron chi connectivity index (χ4n) is 1.21. The summed E-state index contributed by atoms with van der Waals surface area (Å²) >= 11 is 0. The Hall–Kier alpha value is -1.40. The van der Waals surface area contributed by atoms with Crippen LogP contribution in [0.5, 0.6) is 5.88 Å². The van der Waals surface area contributed by atoms with Crippen LogP contribution < -0.4 is 16.0 Å². The molecule has 0 aliphatic rings. The van der Waals surface area contributed by atoms with Gasteiger partial charge in [0.15, 0.2) is 0 Å². The fraction of sp³-hybridized carbons (Fsp3) is 0.636. The highest BCUT2D eigenvalue weighted by Gasteiger charge is 2.03. The largest absolute Gasteiger partial charge is 0.475 e. The highest BCUT2D eigenvalue weighted by atomic mass is 16.5. The third-order valence-corrected chi connectivity index (χ3v) is 2.00. The van der Waals surface area contributed by atoms with Crippen LogP contribution in [-0.4, -0.2) is 29.3 Å². The van der Waals surface area contributed by atoms with Gasteiger partial charge in [-0.15, -0.1) is 0 Å². The Morgan fingerprint density at radius 1 is 1.35 bits per heavy atom. The third-order valence-electron chi connectivity index (χ3n) is 2.00. The predicted octanol–water partition coefficient (Wildman–Crippen LogP) is 1.13. The second-order valence-corrected chi connectivity index (χ2v) is 3.77. The molecule has 0 aromatic carbocycles. The zero-order chi connectivity index (χ0) is 12.7. The zero-order valence-electron chi connectivity index (χ0n) is 10.6. The van der Waals surface area contributed by atoms with Gasteiger partial charge in [-0.2, -0.15) is 4.98 Å². The highest BCUT2D eigenvalue weighted by Crippen LogP contribution is 2.12. The summed E-state index contributed by atoms with van der Waals surface area (Å²) in [7, 11) is 0. The lowest BCUT2D eigenvalue weighted by atomic mass is 10.4. The minimum atomic E-state index is 0.205. The molecule has 0 amide bonds. The zero-order valence-corrected chi connectivity index (χ0v) is 10.6. The van der Waals surface area contributed by atoms with Gasteiger partial charge in [0, 0.05) is 12.5 Å². The molecule has 1 rings (SSSR count). The fourth-order valence-corrected chi connectivity index (χ4v) is 1.21. The number of rotatable bonds is 7. The van der Waals surface area contributed by atoms with Crippen molar-refractivity contribution < 1.29 is 9.47 Å². The molecule has 0 aliphatic heterocycles. The maximum absolute atomic E-state index is 5.47. The average Bonchev–Trinajstić information content (AvgIpc) is 2.34. The van der Waals surface area contributed by atoms with Crippen molar-refractivity contribution in [3.8, 4) is 5.88 Å². The lowest BCUT2D eigenvalue weighted by Gasteiger charge is -2.10. The molecule has 0 fully saturated rings. The maximum atomic E-state index is 5.47. The van der Waals surface area contributed by atoms with E-state index < -0.39 is 0 Å². The Morgan fingerprint density at radius 2 is 2.12 bits per heavy atom. The molecule has 96 valence electrons. The van der Waals surface area contributed by atoms with Crippen LogP contribution >= 0.6 is 0 Å². The Labute approximate surface area is 102 Å². The summed E-state index contributed by atoms with van der Waals surface area (Å²) in [6.07, 6.45) is 0.936. The third kappa shape index (κ3) is 4.97. The first-order valence-electron chi connectivity index (χ1n) is 5.74. The van der Waals surface area contributed by atoms with Gasteiger partial charge in [0.05, 0.1) is 12.7 Å². The van der Waals surface area contributed by atoms with Crippen molar-refractivity contribution in [2.75, 3.05) is 18.6 Å². The molecule has 0 saturated carbocycles. The van der Waals surface area contributed by atoms with E-state index in [1.165, 1.54) is 0 Å². The quantitative estimate of drug-likeness (QED) is 0.422. The van der Waals surface area contributed by atoms with Gasteiger partial charge in [-0.05, 0) is 13.8 Å². The van der Waals surface area contributed by atoms with E-state index in [2.05, 4.69) is 15.4 Å². The summed E-state index contributed by atoms with van der Waals surface area (Å²) in [6.45, 7) is 6.94. The number of nitrogen functional groups attached to an aromatic ring is 1. The van der Waals surface area contributed by atoms with Crippen molar-refractivity contribution in [1.82, 2.24) is 9.97 Å². The maximum Gasteiger partial charge on any atom is 0.218 e. The van der Waals surface area contributed by atoms with E-state index in [0.29, 0.717) is 30.7 Å². The number of nitrogens with two attached hydrogens (primary N) is 1. The Bertz CT molecular complexity index is 322. The minimum absolute atomic E-state index is 0.205. The predicted molar refractivity (Wildman–Crippen MR) is 65.8 cm³/mol. The average molecular weight is 240 g/mol. The van der Waals surface area contributed by atoms with Gasteiger partial charge in [0.2, 0.25) is 5.88 Å². The van der Waals surface area contributed by atoms with Crippen molar-refractivity contribution >= 4 is 5.82 Å². The summed E-state index contributed by atoms with van der Waals surface area (Å²) in [5, 5.41) is 0. The monoisotopic (exact) mass is 240 g/mol. The molecule has 0 radical (unpaired) electrons. The number of aryl methyl sites for hydroxylation is 1. The molecule has 0 aliphatic carbocycles. The normalized spacial score (nSPS) is 10.6. The second kappa shape index (κ2) is 7.03. The number of anilines is 1. The van der Waals surface area contributed by atoms with Gasteiger partial charge in [0.25, 0.3) is 0 Å². The first-order valence-corrected chi connectivity index (χ1v) is 5.74. The van der Waals surface area contributed by atoms with E-state index in [-0.39, 0.29) is 6.10 Å². The Morgan fingerprint density at radius 3 is 2.71 bits per heavy atom. The topological polar surface area (TPSA) is 82.3 Å². The van der Waals surface area contributed by atoms with Gasteiger partial charge in [-0.1, -0.05) is 6.92 Å². The minimum Gasteiger partial charge on any atom is -0.475 e. The first-order chi connectivity index (χ1) is 8.15. The van der Waals surface area contributed by atoms with E-state index in [4.69, 9.17) is 15.3 Å². The van der Waals surface area contributed by atoms with Crippen LogP contribution in [0.15, 0.2) is 6.07 Å². The number of nitrogens with one attached hydrogen (secondary N) is 1. The molecular formula is C11H20N4O2. The molecule has 0 atom stereocenters. The number of hydrogen-bond acceptors (Lipinski definition) is 6. The lowest BCUT2D eigenvalue weighted by Crippen LogP contribution is -2.14. The van der Waals surface area contributed by atoms with Crippen LogP contribution in [0.4, 0.5) is 5.82 Å². The van der Waals surface area contributed by atoms with Crippen molar-refractivity contribution in [2.24, 2.45) is 5.84 Å². The number of aromatic nitrogens is 2. The summed E-state index contributed by atoms with van der Waals surface area (Å²) < 4.78 is 10.8. The van der Waals surface area contributed by atoms with E-state index in [0.717, 1.165) is 6.42 Å². The summed E-state index contributed by atoms with van der Waals surface area (Å²) in [4.78, 5) is 8.40. The van der Waals surface area contributed by atoms with Crippen LogP contribution in [0.25, 0.3) is 0 Å². The van der Waals surface area contributed by atoms with Crippen molar-refractivity contribution in [1.29, 1.82) is 0 Å². The number of nitrogens with zero attached hydrogens (tertiary/aromatic N) is 2. The van der Waals surface area contributed by atoms with Gasteiger partial charge in [0.1, 0.15) is 18.2 Å². The SMILES string of the molecule is CCc1nc(NN)cc(OCCOC(C)C)n1. The highest BCUT2D eigenvalue weighted by molar-refractivity contribution is 5.36. The summed E-state index contributed by atoms with van der Waals surface area (Å²) in [5.74, 6) is 7.07. The van der Waals surface area contributed by atoms with Gasteiger partial charge in [-0.25, -0.2) is 10.8 Å². The van der Waals surface area contributed by atoms with Gasteiger partial charge >= 0.3 is 0 Å². The van der Waals surface area contributed by atoms with E-state index in [9.17, 15) is 0 Å². The van der Waals surface area contributed by atoms with Crippen LogP contribution in [0, 0.1) is 0 Å². The van der Waals surface area contributed by atoms with Gasteiger partial charge < -0.3 is 14.9 Å². The van der Waals surface area contributed by atoms with E-state index in [1.54, 1.807) is 6.07 Å². The molecule has 1 aromatic heterocycles. The second-order valence-electron chi connectivity index (χ2n) is 3.77. The number of ether oxygens (including phenoxy) is 2. The molecule has 1 heterocycles. The molecule has 6 nitrogen and oxygen atoms in total. The molecule has 0 spiro atoms. The number of hydrazine groups is 1. The standard InChI is InChI=1S/C11H20N4O2/c1-4-9-13-10(15-12)7-11(14-9)17-6-5-16-8(2)3/h7-8H,4-6,12H2,1-3H3,(H,13,14,15). The molecule has 0 unspecified atom stereocenters. The van der Waals surface area contributed by atoms with Gasteiger partial charge in [-0.3, -0.25) is 0 Å². The van der Waals surface area contributed by atoms with Crippen molar-refractivity contribution in [2.45, 2.75) is 33.3 Å². The molecule has 0 saturated heterocycles. The summed E-state index contributed by atoms with van der Waals surface area (Å²) in [5.41, 5.74) is 2.49. The first kappa shape index (κ1) is 13.7. The van der Waals surface area contributed by atoms with E-state index in [1.807, 2.05) is 20.8 Å². The molecule has 0 bridgehead atoms. The Kier molecular flexibility index (Phi) is 5.65.